The van der Waals surface area contributed by atoms with Crippen molar-refractivity contribution in [3.63, 3.8) is 0 Å². The number of hydrogen-bond donors (Lipinski definition) is 1. The Kier molecular flexibility index (Phi) is 9.26. The fourth-order valence-electron chi connectivity index (χ4n) is 2.94. The van der Waals surface area contributed by atoms with Gasteiger partial charge in [-0.3, -0.25) is 4.79 Å². The van der Waals surface area contributed by atoms with Crippen LogP contribution in [0.15, 0.2) is 23.1 Å². The van der Waals surface area contributed by atoms with Crippen LogP contribution in [-0.2, 0) is 10.0 Å². The molecule has 1 amide bonds. The molecule has 0 aliphatic heterocycles. The lowest BCUT2D eigenvalue weighted by molar-refractivity contribution is 0.0934. The van der Waals surface area contributed by atoms with Crippen LogP contribution in [-0.4, -0.2) is 44.9 Å². The van der Waals surface area contributed by atoms with Crippen LogP contribution in [0.4, 0.5) is 0 Å². The van der Waals surface area contributed by atoms with E-state index in [1.54, 1.807) is 13.8 Å². The minimum Gasteiger partial charge on any atom is -0.496 e. The number of hydrogen-bond acceptors (Lipinski definition) is 4. The molecule has 0 spiro atoms. The Morgan fingerprint density at radius 2 is 1.78 bits per heavy atom. The van der Waals surface area contributed by atoms with Crippen molar-refractivity contribution in [3.05, 3.63) is 23.8 Å². The highest BCUT2D eigenvalue weighted by Crippen LogP contribution is 2.25. The number of nitrogens with zero attached hydrogens (tertiary/aromatic N) is 1. The predicted molar refractivity (Wildman–Crippen MR) is 109 cm³/mol. The summed E-state index contributed by atoms with van der Waals surface area (Å²) in [5.74, 6) is 0.677. The van der Waals surface area contributed by atoms with Gasteiger partial charge < -0.3 is 10.1 Å². The number of rotatable bonds is 11. The molecule has 1 atom stereocenters. The number of nitrogens with one attached hydrogen (secondary N) is 1. The standard InChI is InChI=1S/C20H34N2O4S/c1-7-22(8-2)27(24,25)17-12-13-19(26-6)18(14-17)20(23)21-16(5)11-9-10-15(3)4/h12-16H,7-11H2,1-6H3,(H,21,23). The van der Waals surface area contributed by atoms with Gasteiger partial charge >= 0.3 is 0 Å². The number of ether oxygens (including phenoxy) is 1. The van der Waals surface area contributed by atoms with Gasteiger partial charge in [0, 0.05) is 19.1 Å². The van der Waals surface area contributed by atoms with Crippen LogP contribution in [0.1, 0.15) is 64.2 Å². The molecule has 6 nitrogen and oxygen atoms in total. The van der Waals surface area contributed by atoms with E-state index < -0.39 is 10.0 Å². The maximum absolute atomic E-state index is 12.7. The Morgan fingerprint density at radius 3 is 2.30 bits per heavy atom. The van der Waals surface area contributed by atoms with Gasteiger partial charge in [0.15, 0.2) is 0 Å². The van der Waals surface area contributed by atoms with E-state index in [0.717, 1.165) is 19.3 Å². The summed E-state index contributed by atoms with van der Waals surface area (Å²) >= 11 is 0. The van der Waals surface area contributed by atoms with E-state index in [1.807, 2.05) is 6.92 Å². The van der Waals surface area contributed by atoms with Crippen molar-refractivity contribution >= 4 is 15.9 Å². The minimum atomic E-state index is -3.64. The zero-order valence-electron chi connectivity index (χ0n) is 17.4. The first-order valence-corrected chi connectivity index (χ1v) is 11.1. The normalized spacial score (nSPS) is 13.0. The molecule has 0 aromatic heterocycles. The van der Waals surface area contributed by atoms with Crippen LogP contribution in [0.3, 0.4) is 0 Å². The van der Waals surface area contributed by atoms with Crippen LogP contribution in [0.25, 0.3) is 0 Å². The van der Waals surface area contributed by atoms with E-state index in [-0.39, 0.29) is 22.4 Å². The summed E-state index contributed by atoms with van der Waals surface area (Å²) < 4.78 is 32.1. The lowest BCUT2D eigenvalue weighted by Crippen LogP contribution is -2.33. The molecule has 1 unspecified atom stereocenters. The van der Waals surface area contributed by atoms with E-state index in [4.69, 9.17) is 4.74 Å². The lowest BCUT2D eigenvalue weighted by atomic mass is 10.0. The highest BCUT2D eigenvalue weighted by atomic mass is 32.2. The van der Waals surface area contributed by atoms with E-state index >= 15 is 0 Å². The third-order valence-electron chi connectivity index (χ3n) is 4.55. The fraction of sp³-hybridized carbons (Fsp3) is 0.650. The molecule has 0 fully saturated rings. The van der Waals surface area contributed by atoms with E-state index in [0.29, 0.717) is 24.8 Å². The Labute approximate surface area is 164 Å². The highest BCUT2D eigenvalue weighted by Gasteiger charge is 2.24. The van der Waals surface area contributed by atoms with Crippen molar-refractivity contribution in [2.24, 2.45) is 5.92 Å². The fourth-order valence-corrected chi connectivity index (χ4v) is 4.43. The van der Waals surface area contributed by atoms with Gasteiger partial charge in [-0.2, -0.15) is 4.31 Å². The highest BCUT2D eigenvalue weighted by molar-refractivity contribution is 7.89. The van der Waals surface area contributed by atoms with E-state index in [1.165, 1.54) is 29.6 Å². The second-order valence-electron chi connectivity index (χ2n) is 7.15. The van der Waals surface area contributed by atoms with Gasteiger partial charge in [-0.1, -0.05) is 40.5 Å². The summed E-state index contributed by atoms with van der Waals surface area (Å²) in [5, 5.41) is 2.95. The summed E-state index contributed by atoms with van der Waals surface area (Å²) in [7, 11) is -2.17. The van der Waals surface area contributed by atoms with Crippen molar-refractivity contribution in [1.82, 2.24) is 9.62 Å². The molecule has 1 aromatic carbocycles. The first-order chi connectivity index (χ1) is 12.7. The first-order valence-electron chi connectivity index (χ1n) is 9.66. The zero-order chi connectivity index (χ0) is 20.6. The Bertz CT molecular complexity index is 713. The summed E-state index contributed by atoms with van der Waals surface area (Å²) in [6, 6.07) is 4.43. The van der Waals surface area contributed by atoms with Gasteiger partial charge in [0.1, 0.15) is 5.75 Å². The first kappa shape index (κ1) is 23.4. The monoisotopic (exact) mass is 398 g/mol. The Balaban J connectivity index is 3.03. The minimum absolute atomic E-state index is 0.00371. The number of methoxy groups -OCH3 is 1. The molecule has 0 aliphatic carbocycles. The molecule has 0 saturated carbocycles. The topological polar surface area (TPSA) is 75.7 Å². The Morgan fingerprint density at radius 1 is 1.15 bits per heavy atom. The number of sulfonamides is 1. The summed E-state index contributed by atoms with van der Waals surface area (Å²) in [5.41, 5.74) is 0.237. The van der Waals surface area contributed by atoms with E-state index in [2.05, 4.69) is 19.2 Å². The molecule has 0 radical (unpaired) electrons. The zero-order valence-corrected chi connectivity index (χ0v) is 18.2. The third kappa shape index (κ3) is 6.50. The smallest absolute Gasteiger partial charge is 0.255 e. The average Bonchev–Trinajstić information content (AvgIpc) is 2.61. The van der Waals surface area contributed by atoms with Gasteiger partial charge in [-0.05, 0) is 37.5 Å². The van der Waals surface area contributed by atoms with Crippen molar-refractivity contribution in [2.45, 2.75) is 64.8 Å². The second kappa shape index (κ2) is 10.7. The number of benzene rings is 1. The molecule has 0 bridgehead atoms. The van der Waals surface area contributed by atoms with Gasteiger partial charge in [0.05, 0.1) is 17.6 Å². The third-order valence-corrected chi connectivity index (χ3v) is 6.60. The predicted octanol–water partition coefficient (Wildman–Crippen LogP) is 3.67. The second-order valence-corrected chi connectivity index (χ2v) is 9.09. The van der Waals surface area contributed by atoms with Crippen LogP contribution in [0.2, 0.25) is 0 Å². The van der Waals surface area contributed by atoms with Gasteiger partial charge in [-0.15, -0.1) is 0 Å². The maximum Gasteiger partial charge on any atom is 0.255 e. The van der Waals surface area contributed by atoms with Crippen LogP contribution in [0, 0.1) is 5.92 Å². The summed E-state index contributed by atoms with van der Waals surface area (Å²) in [4.78, 5) is 12.8. The van der Waals surface area contributed by atoms with Crippen molar-refractivity contribution in [3.8, 4) is 5.75 Å². The van der Waals surface area contributed by atoms with Gasteiger partial charge in [0.2, 0.25) is 10.0 Å². The number of amides is 1. The summed E-state index contributed by atoms with van der Waals surface area (Å²) in [6.45, 7) is 10.6. The Hall–Kier alpha value is -1.60. The van der Waals surface area contributed by atoms with Crippen LogP contribution >= 0.6 is 0 Å². The quantitative estimate of drug-likeness (QED) is 0.617. The molecular weight excluding hydrogens is 364 g/mol. The molecule has 1 aromatic rings. The SMILES string of the molecule is CCN(CC)S(=O)(=O)c1ccc(OC)c(C(=O)NC(C)CCCC(C)C)c1. The molecule has 154 valence electrons. The van der Waals surface area contributed by atoms with Crippen molar-refractivity contribution in [2.75, 3.05) is 20.2 Å². The summed E-state index contributed by atoms with van der Waals surface area (Å²) in [6.07, 6.45) is 3.03. The molecule has 27 heavy (non-hydrogen) atoms. The molecule has 0 heterocycles. The van der Waals surface area contributed by atoms with Crippen molar-refractivity contribution < 1.29 is 17.9 Å². The maximum atomic E-state index is 12.7. The van der Waals surface area contributed by atoms with Gasteiger partial charge in [-0.25, -0.2) is 8.42 Å². The average molecular weight is 399 g/mol. The van der Waals surface area contributed by atoms with Gasteiger partial charge in [0.25, 0.3) is 5.91 Å². The lowest BCUT2D eigenvalue weighted by Gasteiger charge is -2.20. The molecule has 0 aliphatic rings. The van der Waals surface area contributed by atoms with Crippen LogP contribution in [0.5, 0.6) is 5.75 Å². The molecule has 1 N–H and O–H groups in total. The van der Waals surface area contributed by atoms with Crippen molar-refractivity contribution in [1.29, 1.82) is 0 Å². The molecular formula is C20H34N2O4S. The number of carbonyl (C=O) groups excluding carboxylic acids is 1. The number of carbonyl (C=O) groups is 1. The largest absolute Gasteiger partial charge is 0.496 e. The molecule has 1 rings (SSSR count). The van der Waals surface area contributed by atoms with Crippen LogP contribution < -0.4 is 10.1 Å². The molecule has 0 saturated heterocycles. The van der Waals surface area contributed by atoms with E-state index in [9.17, 15) is 13.2 Å². The molecule has 7 heteroatoms.